The van der Waals surface area contributed by atoms with Gasteiger partial charge in [-0.2, -0.15) is 0 Å². The lowest BCUT2D eigenvalue weighted by Gasteiger charge is -2.35. The highest BCUT2D eigenvalue weighted by molar-refractivity contribution is 5.16. The number of β-amino-alcohol motifs (C(OH)–C–C–N with tert-alkyl or cyclic N) is 2. The number of benzene rings is 1. The van der Waals surface area contributed by atoms with Crippen molar-refractivity contribution in [3.63, 3.8) is 0 Å². The van der Waals surface area contributed by atoms with Crippen LogP contribution in [-0.2, 0) is 11.3 Å². The molecular formula is C16H25FN2O3. The number of rotatable bonds is 8. The van der Waals surface area contributed by atoms with Crippen molar-refractivity contribution in [2.24, 2.45) is 0 Å². The third kappa shape index (κ3) is 5.62. The molecule has 0 aromatic heterocycles. The molecule has 1 aliphatic heterocycles. The van der Waals surface area contributed by atoms with Gasteiger partial charge in [0.25, 0.3) is 0 Å². The lowest BCUT2D eigenvalue weighted by molar-refractivity contribution is -0.0000928. The summed E-state index contributed by atoms with van der Waals surface area (Å²) in [5.41, 5.74) is 0.507. The van der Waals surface area contributed by atoms with E-state index in [1.54, 1.807) is 18.2 Å². The standard InChI is InChI=1S/C16H25FN2O3/c17-16-4-2-1-3-14(16)12-22-13-15(21)11-19-7-5-18(6-8-19)9-10-20/h1-4,15,20-21H,5-13H2/t15-/m0/s1. The molecule has 1 aromatic carbocycles. The first-order valence-electron chi connectivity index (χ1n) is 7.74. The van der Waals surface area contributed by atoms with Crippen LogP contribution in [0.3, 0.4) is 0 Å². The summed E-state index contributed by atoms with van der Waals surface area (Å²) in [6, 6.07) is 6.50. The van der Waals surface area contributed by atoms with Gasteiger partial charge in [-0.15, -0.1) is 0 Å². The Balaban J connectivity index is 1.62. The van der Waals surface area contributed by atoms with Crippen molar-refractivity contribution in [1.29, 1.82) is 0 Å². The summed E-state index contributed by atoms with van der Waals surface area (Å²) >= 11 is 0. The summed E-state index contributed by atoms with van der Waals surface area (Å²) in [4.78, 5) is 4.39. The first-order chi connectivity index (χ1) is 10.7. The van der Waals surface area contributed by atoms with Crippen LogP contribution in [0.1, 0.15) is 5.56 Å². The van der Waals surface area contributed by atoms with E-state index in [4.69, 9.17) is 9.84 Å². The molecule has 1 heterocycles. The Hall–Kier alpha value is -1.05. The highest BCUT2D eigenvalue weighted by Gasteiger charge is 2.18. The maximum Gasteiger partial charge on any atom is 0.128 e. The van der Waals surface area contributed by atoms with Gasteiger partial charge in [0.15, 0.2) is 0 Å². The molecule has 1 saturated heterocycles. The Morgan fingerprint density at radius 3 is 2.50 bits per heavy atom. The average Bonchev–Trinajstić information content (AvgIpc) is 2.51. The molecule has 6 heteroatoms. The molecule has 2 rings (SSSR count). The minimum absolute atomic E-state index is 0.175. The van der Waals surface area contributed by atoms with Gasteiger partial charge in [-0.05, 0) is 6.07 Å². The quantitative estimate of drug-likeness (QED) is 0.724. The Bertz CT molecular complexity index is 439. The predicted octanol–water partition coefficient (Wildman–Crippen LogP) is 0.313. The summed E-state index contributed by atoms with van der Waals surface area (Å²) < 4.78 is 18.8. The molecule has 5 nitrogen and oxygen atoms in total. The smallest absolute Gasteiger partial charge is 0.128 e. The normalized spacial score (nSPS) is 18.5. The number of aliphatic hydroxyl groups excluding tert-OH is 2. The molecule has 0 spiro atoms. The van der Waals surface area contributed by atoms with Crippen molar-refractivity contribution in [3.05, 3.63) is 35.6 Å². The zero-order valence-electron chi connectivity index (χ0n) is 12.8. The molecule has 0 amide bonds. The van der Waals surface area contributed by atoms with Crippen LogP contribution in [0.5, 0.6) is 0 Å². The molecule has 0 unspecified atom stereocenters. The van der Waals surface area contributed by atoms with Gasteiger partial charge >= 0.3 is 0 Å². The number of nitrogens with zero attached hydrogens (tertiary/aromatic N) is 2. The van der Waals surface area contributed by atoms with Gasteiger partial charge in [0.05, 0.1) is 25.9 Å². The van der Waals surface area contributed by atoms with Crippen LogP contribution >= 0.6 is 0 Å². The van der Waals surface area contributed by atoms with Crippen molar-refractivity contribution in [2.45, 2.75) is 12.7 Å². The maximum atomic E-state index is 13.4. The molecule has 0 bridgehead atoms. The first-order valence-corrected chi connectivity index (χ1v) is 7.74. The topological polar surface area (TPSA) is 56.2 Å². The zero-order valence-corrected chi connectivity index (χ0v) is 12.8. The van der Waals surface area contributed by atoms with E-state index >= 15 is 0 Å². The van der Waals surface area contributed by atoms with Gasteiger partial charge in [-0.1, -0.05) is 18.2 Å². The molecule has 1 aliphatic rings. The van der Waals surface area contributed by atoms with Gasteiger partial charge in [0.1, 0.15) is 5.82 Å². The molecule has 0 saturated carbocycles. The fourth-order valence-corrected chi connectivity index (χ4v) is 2.61. The molecule has 1 fully saturated rings. The van der Waals surface area contributed by atoms with Gasteiger partial charge in [-0.3, -0.25) is 9.80 Å². The predicted molar refractivity (Wildman–Crippen MR) is 82.0 cm³/mol. The van der Waals surface area contributed by atoms with Crippen molar-refractivity contribution in [3.8, 4) is 0 Å². The average molecular weight is 312 g/mol. The monoisotopic (exact) mass is 312 g/mol. The van der Waals surface area contributed by atoms with Crippen LogP contribution in [-0.4, -0.2) is 78.6 Å². The second-order valence-electron chi connectivity index (χ2n) is 5.63. The van der Waals surface area contributed by atoms with E-state index in [1.165, 1.54) is 6.07 Å². The number of hydrogen-bond donors (Lipinski definition) is 2. The molecular weight excluding hydrogens is 287 g/mol. The van der Waals surface area contributed by atoms with Crippen LogP contribution < -0.4 is 0 Å². The van der Waals surface area contributed by atoms with E-state index in [0.717, 1.165) is 26.2 Å². The highest BCUT2D eigenvalue weighted by atomic mass is 19.1. The summed E-state index contributed by atoms with van der Waals surface area (Å²) in [6.07, 6.45) is -0.573. The Morgan fingerprint density at radius 1 is 1.14 bits per heavy atom. The largest absolute Gasteiger partial charge is 0.395 e. The third-order valence-corrected chi connectivity index (χ3v) is 3.88. The Morgan fingerprint density at radius 2 is 1.82 bits per heavy atom. The van der Waals surface area contributed by atoms with E-state index in [-0.39, 0.29) is 25.6 Å². The van der Waals surface area contributed by atoms with E-state index in [1.807, 2.05) is 0 Å². The van der Waals surface area contributed by atoms with Crippen LogP contribution in [0.4, 0.5) is 4.39 Å². The second kappa shape index (κ2) is 9.17. The van der Waals surface area contributed by atoms with Gasteiger partial charge in [0, 0.05) is 44.8 Å². The SMILES string of the molecule is OCCN1CCN(C[C@H](O)COCc2ccccc2F)CC1. The summed E-state index contributed by atoms with van der Waals surface area (Å²) in [5, 5.41) is 18.9. The lowest BCUT2D eigenvalue weighted by atomic mass is 10.2. The van der Waals surface area contributed by atoms with Crippen LogP contribution in [0, 0.1) is 5.82 Å². The lowest BCUT2D eigenvalue weighted by Crippen LogP contribution is -2.49. The summed E-state index contributed by atoms with van der Waals surface area (Å²) in [7, 11) is 0. The third-order valence-electron chi connectivity index (χ3n) is 3.88. The number of piperazine rings is 1. The zero-order chi connectivity index (χ0) is 15.8. The first kappa shape index (κ1) is 17.3. The summed E-state index contributed by atoms with van der Waals surface area (Å²) in [6.45, 7) is 5.40. The van der Waals surface area contributed by atoms with Crippen molar-refractivity contribution >= 4 is 0 Å². The molecule has 2 N–H and O–H groups in total. The number of halogens is 1. The molecule has 1 aromatic rings. The van der Waals surface area contributed by atoms with Gasteiger partial charge < -0.3 is 14.9 Å². The fourth-order valence-electron chi connectivity index (χ4n) is 2.61. The van der Waals surface area contributed by atoms with Gasteiger partial charge in [-0.25, -0.2) is 4.39 Å². The van der Waals surface area contributed by atoms with E-state index in [9.17, 15) is 9.50 Å². The van der Waals surface area contributed by atoms with Crippen molar-refractivity contribution in [2.75, 3.05) is 52.5 Å². The molecule has 124 valence electrons. The van der Waals surface area contributed by atoms with E-state index in [0.29, 0.717) is 18.7 Å². The van der Waals surface area contributed by atoms with E-state index < -0.39 is 6.10 Å². The molecule has 0 aliphatic carbocycles. The maximum absolute atomic E-state index is 13.4. The Kier molecular flexibility index (Phi) is 7.21. The number of ether oxygens (including phenoxy) is 1. The Labute approximate surface area is 130 Å². The fraction of sp³-hybridized carbons (Fsp3) is 0.625. The van der Waals surface area contributed by atoms with Crippen molar-refractivity contribution < 1.29 is 19.3 Å². The summed E-state index contributed by atoms with van der Waals surface area (Å²) in [5.74, 6) is -0.281. The second-order valence-corrected chi connectivity index (χ2v) is 5.63. The van der Waals surface area contributed by atoms with E-state index in [2.05, 4.69) is 9.80 Å². The molecule has 22 heavy (non-hydrogen) atoms. The van der Waals surface area contributed by atoms with Crippen molar-refractivity contribution in [1.82, 2.24) is 9.80 Å². The minimum atomic E-state index is -0.573. The van der Waals surface area contributed by atoms with Gasteiger partial charge in [0.2, 0.25) is 0 Å². The van der Waals surface area contributed by atoms with Crippen LogP contribution in [0.25, 0.3) is 0 Å². The molecule has 1 atom stereocenters. The number of aliphatic hydroxyl groups is 2. The number of hydrogen-bond acceptors (Lipinski definition) is 5. The van der Waals surface area contributed by atoms with Crippen LogP contribution in [0.15, 0.2) is 24.3 Å². The molecule has 0 radical (unpaired) electrons. The highest BCUT2D eigenvalue weighted by Crippen LogP contribution is 2.08. The minimum Gasteiger partial charge on any atom is -0.395 e. The van der Waals surface area contributed by atoms with Crippen LogP contribution in [0.2, 0.25) is 0 Å².